The Kier molecular flexibility index (Phi) is 13.9. The topological polar surface area (TPSA) is 120 Å². The van der Waals surface area contributed by atoms with E-state index < -0.39 is 6.29 Å². The van der Waals surface area contributed by atoms with Crippen molar-refractivity contribution in [3.05, 3.63) is 70.8 Å². The lowest BCUT2D eigenvalue weighted by Gasteiger charge is -2.38. The van der Waals surface area contributed by atoms with Crippen LogP contribution in [0.15, 0.2) is 48.5 Å². The van der Waals surface area contributed by atoms with Crippen LogP contribution in [0.4, 0.5) is 0 Å². The van der Waals surface area contributed by atoms with Gasteiger partial charge in [0.15, 0.2) is 6.29 Å². The Hall–Kier alpha value is -2.82. The Labute approximate surface area is 255 Å². The molecule has 2 fully saturated rings. The van der Waals surface area contributed by atoms with E-state index in [4.69, 9.17) is 14.7 Å². The summed E-state index contributed by atoms with van der Waals surface area (Å²) < 4.78 is 13.1. The molecule has 43 heavy (non-hydrogen) atoms. The van der Waals surface area contributed by atoms with Gasteiger partial charge in [-0.3, -0.25) is 14.8 Å². The maximum atomic E-state index is 12.3. The smallest absolute Gasteiger partial charge is 0.243 e. The van der Waals surface area contributed by atoms with Crippen LogP contribution < -0.4 is 10.8 Å². The standard InChI is InChI=1S/C34H49N3O6/c38-25-27-14-16-28(17-15-27)31-22-30(24-37-20-8-4-1-5-9-21-37)42-34(43-31)29-18-12-26(13-19-29)23-35-32(39)10-6-2-3-7-11-33(40)36-41/h12-19,30-31,34,38,41H,1-11,20-25H2,(H,35,39)(H,36,40)/t30-,31+,34+/m1/s1. The molecule has 2 saturated heterocycles. The number of unbranched alkanes of at least 4 members (excludes halogenated alkanes) is 3. The van der Waals surface area contributed by atoms with E-state index in [2.05, 4.69) is 10.2 Å². The molecule has 9 heteroatoms. The lowest BCUT2D eigenvalue weighted by Crippen LogP contribution is -2.40. The molecule has 2 aromatic carbocycles. The third-order valence-electron chi connectivity index (χ3n) is 8.45. The number of likely N-dealkylation sites (tertiary alicyclic amines) is 1. The summed E-state index contributed by atoms with van der Waals surface area (Å²) in [6, 6.07) is 16.1. The van der Waals surface area contributed by atoms with Crippen LogP contribution >= 0.6 is 0 Å². The first kappa shape index (κ1) is 33.1. The molecule has 2 aliphatic rings. The molecule has 236 valence electrons. The molecule has 3 atom stereocenters. The second-order valence-electron chi connectivity index (χ2n) is 11.9. The summed E-state index contributed by atoms with van der Waals surface area (Å²) in [5, 5.41) is 21.0. The SMILES string of the molecule is O=C(CCCCCCC(=O)NCc1ccc([C@H]2O[C@@H](CN3CCCCCCC3)C[C@@H](c3ccc(CO)cc3)O2)cc1)NO. The summed E-state index contributed by atoms with van der Waals surface area (Å²) >= 11 is 0. The van der Waals surface area contributed by atoms with Crippen LogP contribution in [0.5, 0.6) is 0 Å². The Bertz CT molecular complexity index is 1100. The molecule has 2 aromatic rings. The van der Waals surface area contributed by atoms with Crippen LogP contribution in [-0.2, 0) is 32.2 Å². The number of hydroxylamine groups is 1. The minimum Gasteiger partial charge on any atom is -0.392 e. The number of aliphatic hydroxyl groups excluding tert-OH is 1. The highest BCUT2D eigenvalue weighted by Crippen LogP contribution is 2.38. The van der Waals surface area contributed by atoms with Crippen molar-refractivity contribution in [2.75, 3.05) is 19.6 Å². The maximum Gasteiger partial charge on any atom is 0.243 e. The Morgan fingerprint density at radius 1 is 0.767 bits per heavy atom. The number of hydrogen-bond donors (Lipinski definition) is 4. The van der Waals surface area contributed by atoms with Crippen molar-refractivity contribution in [1.82, 2.24) is 15.7 Å². The molecule has 4 rings (SSSR count). The quantitative estimate of drug-likeness (QED) is 0.130. The number of amides is 2. The number of ether oxygens (including phenoxy) is 2. The molecule has 2 amide bonds. The van der Waals surface area contributed by atoms with Gasteiger partial charge < -0.3 is 24.8 Å². The molecule has 0 bridgehead atoms. The second-order valence-corrected chi connectivity index (χ2v) is 11.9. The first-order valence-corrected chi connectivity index (χ1v) is 16.1. The predicted molar refractivity (Wildman–Crippen MR) is 164 cm³/mol. The molecular formula is C34H49N3O6. The van der Waals surface area contributed by atoms with Crippen LogP contribution in [0.25, 0.3) is 0 Å². The van der Waals surface area contributed by atoms with Crippen LogP contribution in [-0.4, -0.2) is 52.8 Å². The third kappa shape index (κ3) is 11.3. The average molecular weight is 596 g/mol. The molecule has 0 aliphatic carbocycles. The van der Waals surface area contributed by atoms with Gasteiger partial charge in [-0.1, -0.05) is 80.6 Å². The Morgan fingerprint density at radius 3 is 2.02 bits per heavy atom. The van der Waals surface area contributed by atoms with Gasteiger partial charge in [0.1, 0.15) is 0 Å². The van der Waals surface area contributed by atoms with Crippen molar-refractivity contribution in [1.29, 1.82) is 0 Å². The summed E-state index contributed by atoms with van der Waals surface area (Å²) in [5.74, 6) is -0.361. The van der Waals surface area contributed by atoms with Gasteiger partial charge in [-0.05, 0) is 55.5 Å². The third-order valence-corrected chi connectivity index (χ3v) is 8.45. The minimum absolute atomic E-state index is 0.0123. The van der Waals surface area contributed by atoms with Gasteiger partial charge in [-0.15, -0.1) is 0 Å². The molecular weight excluding hydrogens is 546 g/mol. The normalized spacial score (nSPS) is 21.5. The van der Waals surface area contributed by atoms with E-state index >= 15 is 0 Å². The molecule has 0 aromatic heterocycles. The molecule has 0 unspecified atom stereocenters. The molecule has 4 N–H and O–H groups in total. The van der Waals surface area contributed by atoms with Gasteiger partial charge in [0.2, 0.25) is 11.8 Å². The van der Waals surface area contributed by atoms with Crippen molar-refractivity contribution in [3.8, 4) is 0 Å². The van der Waals surface area contributed by atoms with E-state index in [9.17, 15) is 14.7 Å². The first-order valence-electron chi connectivity index (χ1n) is 16.1. The van der Waals surface area contributed by atoms with E-state index in [0.29, 0.717) is 25.8 Å². The molecule has 2 aliphatic heterocycles. The summed E-state index contributed by atoms with van der Waals surface area (Å²) in [6.07, 6.45) is 10.6. The van der Waals surface area contributed by atoms with Crippen LogP contribution in [0.3, 0.4) is 0 Å². The van der Waals surface area contributed by atoms with Gasteiger partial charge in [0, 0.05) is 37.9 Å². The summed E-state index contributed by atoms with van der Waals surface area (Å²) in [7, 11) is 0. The summed E-state index contributed by atoms with van der Waals surface area (Å²) in [6.45, 7) is 3.61. The zero-order valence-electron chi connectivity index (χ0n) is 25.3. The summed E-state index contributed by atoms with van der Waals surface area (Å²) in [4.78, 5) is 25.9. The van der Waals surface area contributed by atoms with Crippen LogP contribution in [0.2, 0.25) is 0 Å². The highest BCUT2D eigenvalue weighted by Gasteiger charge is 2.33. The number of aliphatic hydroxyl groups is 1. The zero-order valence-corrected chi connectivity index (χ0v) is 25.3. The fourth-order valence-corrected chi connectivity index (χ4v) is 5.88. The average Bonchev–Trinajstić information content (AvgIpc) is 3.03. The lowest BCUT2D eigenvalue weighted by atomic mass is 9.99. The van der Waals surface area contributed by atoms with Gasteiger partial charge in [-0.25, -0.2) is 5.48 Å². The zero-order chi connectivity index (χ0) is 30.3. The fraction of sp³-hybridized carbons (Fsp3) is 0.588. The van der Waals surface area contributed by atoms with Crippen LogP contribution in [0, 0.1) is 0 Å². The van der Waals surface area contributed by atoms with E-state index in [1.807, 2.05) is 48.5 Å². The Morgan fingerprint density at radius 2 is 1.37 bits per heavy atom. The van der Waals surface area contributed by atoms with Gasteiger partial charge >= 0.3 is 0 Å². The van der Waals surface area contributed by atoms with Gasteiger partial charge in [0.05, 0.1) is 18.8 Å². The molecule has 2 heterocycles. The second kappa shape index (κ2) is 18.1. The number of rotatable bonds is 14. The molecule has 0 saturated carbocycles. The van der Waals surface area contributed by atoms with E-state index in [1.54, 1.807) is 5.48 Å². The number of nitrogens with one attached hydrogen (secondary N) is 2. The number of benzene rings is 2. The minimum atomic E-state index is -0.483. The van der Waals surface area contributed by atoms with Crippen molar-refractivity contribution >= 4 is 11.8 Å². The highest BCUT2D eigenvalue weighted by atomic mass is 16.7. The predicted octanol–water partition coefficient (Wildman–Crippen LogP) is 5.45. The van der Waals surface area contributed by atoms with Crippen LogP contribution in [0.1, 0.15) is 112 Å². The monoisotopic (exact) mass is 595 g/mol. The molecule has 0 spiro atoms. The van der Waals surface area contributed by atoms with Crippen molar-refractivity contribution in [2.45, 2.75) is 109 Å². The summed E-state index contributed by atoms with van der Waals surface area (Å²) in [5.41, 5.74) is 5.58. The van der Waals surface area contributed by atoms with E-state index in [0.717, 1.165) is 67.6 Å². The number of carbonyl (C=O) groups is 2. The number of hydrogen-bond acceptors (Lipinski definition) is 7. The van der Waals surface area contributed by atoms with Crippen molar-refractivity contribution < 1.29 is 29.4 Å². The van der Waals surface area contributed by atoms with Gasteiger partial charge in [-0.2, -0.15) is 0 Å². The highest BCUT2D eigenvalue weighted by molar-refractivity contribution is 5.75. The number of carbonyl (C=O) groups excluding carboxylic acids is 2. The van der Waals surface area contributed by atoms with Gasteiger partial charge in [0.25, 0.3) is 0 Å². The largest absolute Gasteiger partial charge is 0.392 e. The van der Waals surface area contributed by atoms with Crippen molar-refractivity contribution in [3.63, 3.8) is 0 Å². The van der Waals surface area contributed by atoms with E-state index in [1.165, 1.54) is 32.1 Å². The molecule has 0 radical (unpaired) electrons. The maximum absolute atomic E-state index is 12.3. The Balaban J connectivity index is 1.30. The van der Waals surface area contributed by atoms with Crippen molar-refractivity contribution in [2.24, 2.45) is 0 Å². The lowest BCUT2D eigenvalue weighted by molar-refractivity contribution is -0.253. The van der Waals surface area contributed by atoms with E-state index in [-0.39, 0.29) is 30.6 Å². The fourth-order valence-electron chi connectivity index (χ4n) is 5.88. The first-order chi connectivity index (χ1) is 21.0. The number of nitrogens with zero attached hydrogens (tertiary/aromatic N) is 1. The molecule has 9 nitrogen and oxygen atoms in total.